The molecule has 0 aliphatic heterocycles. The number of hydrogen-bond donors (Lipinski definition) is 2. The third-order valence-electron chi connectivity index (χ3n) is 0.201. The van der Waals surface area contributed by atoms with Crippen molar-refractivity contribution in [1.82, 2.24) is 4.65 Å². The van der Waals surface area contributed by atoms with Crippen LogP contribution in [0.25, 0.3) is 0 Å². The molecule has 3 N–H and O–H groups in total. The average molecular weight is 120 g/mol. The van der Waals surface area contributed by atoms with E-state index in [-0.39, 0.29) is 0 Å². The molecule has 0 saturated carbocycles. The highest BCUT2D eigenvalue weighted by molar-refractivity contribution is 6.46. The predicted molar refractivity (Wildman–Crippen MR) is 21.6 cm³/mol. The third kappa shape index (κ3) is 3.63. The molecular formula is H4N2O2Si2. The molecule has 0 aromatic heterocycles. The van der Waals surface area contributed by atoms with Gasteiger partial charge in [0.25, 0.3) is 0 Å². The maximum Gasteiger partial charge on any atom is 0.510 e. The van der Waals surface area contributed by atoms with Gasteiger partial charge in [0.05, 0.1) is 0 Å². The Bertz CT molecular complexity index is 69.9. The normalized spacial score (nSPS) is 6.67. The molecule has 0 radical (unpaired) electrons. The molecule has 0 atom stereocenters. The molecule has 0 aromatic rings. The van der Waals surface area contributed by atoms with Crippen LogP contribution in [0.4, 0.5) is 0 Å². The number of nitrogens with one attached hydrogen (secondary N) is 1. The van der Waals surface area contributed by atoms with Crippen molar-refractivity contribution < 1.29 is 8.92 Å². The molecule has 6 heteroatoms. The summed E-state index contributed by atoms with van der Waals surface area (Å²) in [7, 11) is -3.30. The highest BCUT2D eigenvalue weighted by Crippen LogP contribution is 1.26. The van der Waals surface area contributed by atoms with Gasteiger partial charge < -0.3 is 19.0 Å². The van der Waals surface area contributed by atoms with E-state index < -0.39 is 18.6 Å². The summed E-state index contributed by atoms with van der Waals surface area (Å²) >= 11 is 0. The largest absolute Gasteiger partial charge is 0.510 e. The van der Waals surface area contributed by atoms with Crippen LogP contribution in [0.2, 0.25) is 0 Å². The summed E-state index contributed by atoms with van der Waals surface area (Å²) in [5.41, 5.74) is 0. The first-order chi connectivity index (χ1) is 2.77. The van der Waals surface area contributed by atoms with Gasteiger partial charge in [0.15, 0.2) is 0 Å². The van der Waals surface area contributed by atoms with Crippen LogP contribution in [0.5, 0.6) is 0 Å². The van der Waals surface area contributed by atoms with Crippen molar-refractivity contribution in [2.45, 2.75) is 0 Å². The minimum absolute atomic E-state index is 1.14. The van der Waals surface area contributed by atoms with Crippen LogP contribution in [-0.2, 0) is 8.92 Å². The minimum atomic E-state index is -2.16. The van der Waals surface area contributed by atoms with Crippen LogP contribution in [0.15, 0.2) is 0 Å². The van der Waals surface area contributed by atoms with Crippen molar-refractivity contribution in [3.05, 3.63) is 0 Å². The summed E-state index contributed by atoms with van der Waals surface area (Å²) in [5.74, 6) is 0. The molecule has 0 aromatic carbocycles. The van der Waals surface area contributed by atoms with E-state index in [1.807, 2.05) is 0 Å². The van der Waals surface area contributed by atoms with Gasteiger partial charge in [-0.15, -0.1) is 0 Å². The Kier molecular flexibility index (Phi) is 2.68. The van der Waals surface area contributed by atoms with E-state index in [9.17, 15) is 8.92 Å². The molecule has 6 heavy (non-hydrogen) atoms. The zero-order valence-electron chi connectivity index (χ0n) is 2.97. The van der Waals surface area contributed by atoms with E-state index in [0.29, 0.717) is 0 Å². The van der Waals surface area contributed by atoms with Crippen molar-refractivity contribution in [3.8, 4) is 0 Å². The van der Waals surface area contributed by atoms with E-state index in [1.165, 1.54) is 0 Å². The standard InChI is InChI=1S/H4N2O2Si2/c1-6(4)2-5-3/h2,5H,1H2. The van der Waals surface area contributed by atoms with E-state index in [1.54, 1.807) is 0 Å². The first-order valence-electron chi connectivity index (χ1n) is 1.27. The zero-order valence-corrected chi connectivity index (χ0v) is 5.13. The van der Waals surface area contributed by atoms with Gasteiger partial charge in [-0.25, -0.2) is 0 Å². The minimum Gasteiger partial charge on any atom is -0.387 e. The monoisotopic (exact) mass is 120 g/mol. The third-order valence-corrected chi connectivity index (χ3v) is 1.81. The van der Waals surface area contributed by atoms with E-state index in [2.05, 4.69) is 10.0 Å². The second kappa shape index (κ2) is 2.85. The van der Waals surface area contributed by atoms with Gasteiger partial charge in [-0.3, -0.25) is 0 Å². The number of nitrogens with two attached hydrogens (primary N) is 1. The van der Waals surface area contributed by atoms with Crippen molar-refractivity contribution >= 4 is 18.6 Å². The molecule has 0 spiro atoms. The SMILES string of the molecule is N[Si](=O)N[SiH]=O. The number of hydrogen-bond acceptors (Lipinski definition) is 2. The molecule has 0 heterocycles. The van der Waals surface area contributed by atoms with Gasteiger partial charge >= 0.3 is 18.6 Å². The molecule has 4 nitrogen and oxygen atoms in total. The van der Waals surface area contributed by atoms with Gasteiger partial charge in [0.1, 0.15) is 0 Å². The summed E-state index contributed by atoms with van der Waals surface area (Å²) in [6.45, 7) is 0. The smallest absolute Gasteiger partial charge is 0.387 e. The van der Waals surface area contributed by atoms with Crippen molar-refractivity contribution in [2.24, 2.45) is 5.40 Å². The lowest BCUT2D eigenvalue weighted by atomic mass is 13.8. The zero-order chi connectivity index (χ0) is 4.99. The molecule has 0 rings (SSSR count). The molecule has 0 amide bonds. The van der Waals surface area contributed by atoms with Crippen LogP contribution < -0.4 is 10.0 Å². The first-order valence-corrected chi connectivity index (χ1v) is 3.80. The van der Waals surface area contributed by atoms with E-state index >= 15 is 0 Å². The van der Waals surface area contributed by atoms with Crippen molar-refractivity contribution in [3.63, 3.8) is 0 Å². The van der Waals surface area contributed by atoms with E-state index in [4.69, 9.17) is 0 Å². The Morgan fingerprint density at radius 1 is 1.83 bits per heavy atom. The van der Waals surface area contributed by atoms with Crippen LogP contribution in [0.1, 0.15) is 0 Å². The Balaban J connectivity index is 3.05. The van der Waals surface area contributed by atoms with Gasteiger partial charge in [0.2, 0.25) is 0 Å². The molecule has 0 unspecified atom stereocenters. The van der Waals surface area contributed by atoms with Gasteiger partial charge in [-0.05, 0) is 0 Å². The summed E-state index contributed by atoms with van der Waals surface area (Å²) in [6, 6.07) is 0. The molecule has 0 fully saturated rings. The highest BCUT2D eigenvalue weighted by atomic mass is 28.3. The fourth-order valence-corrected chi connectivity index (χ4v) is 0.523. The Morgan fingerprint density at radius 2 is 2.33 bits per heavy atom. The average Bonchev–Trinajstić information content (AvgIpc) is 1.35. The Morgan fingerprint density at radius 3 is 2.33 bits per heavy atom. The fraction of sp³-hybridized carbons (Fsp3) is 0. The maximum absolute atomic E-state index is 9.72. The summed E-state index contributed by atoms with van der Waals surface area (Å²) in [5, 5.41) is 4.66. The predicted octanol–water partition coefficient (Wildman–Crippen LogP) is -2.35. The Hall–Kier alpha value is -0.366. The Labute approximate surface area is 38.5 Å². The molecule has 34 valence electrons. The molecule has 0 aliphatic rings. The number of rotatable bonds is 2. The molecule has 0 saturated heterocycles. The van der Waals surface area contributed by atoms with Crippen LogP contribution in [0.3, 0.4) is 0 Å². The first kappa shape index (κ1) is 5.63. The van der Waals surface area contributed by atoms with Crippen molar-refractivity contribution in [1.29, 1.82) is 0 Å². The lowest BCUT2D eigenvalue weighted by molar-refractivity contribution is 0.550. The fourth-order valence-electron chi connectivity index (χ4n) is 0.0581. The topological polar surface area (TPSA) is 72.2 Å². The highest BCUT2D eigenvalue weighted by Gasteiger charge is 1.88. The lowest BCUT2D eigenvalue weighted by Crippen LogP contribution is -2.33. The maximum atomic E-state index is 9.72. The van der Waals surface area contributed by atoms with Crippen LogP contribution >= 0.6 is 0 Å². The van der Waals surface area contributed by atoms with Crippen molar-refractivity contribution in [2.75, 3.05) is 0 Å². The van der Waals surface area contributed by atoms with Gasteiger partial charge in [-0.2, -0.15) is 0 Å². The second-order valence-corrected chi connectivity index (χ2v) is 2.75. The summed E-state index contributed by atoms with van der Waals surface area (Å²) < 4.78 is 21.2. The van der Waals surface area contributed by atoms with E-state index in [0.717, 1.165) is 0 Å². The van der Waals surface area contributed by atoms with Crippen LogP contribution in [-0.4, -0.2) is 18.6 Å². The molecule has 0 aliphatic carbocycles. The lowest BCUT2D eigenvalue weighted by Gasteiger charge is -1.76. The molecule has 0 bridgehead atoms. The van der Waals surface area contributed by atoms with Gasteiger partial charge in [0, 0.05) is 0 Å². The second-order valence-electron chi connectivity index (χ2n) is 0.626. The molecular weight excluding hydrogens is 116 g/mol. The quantitative estimate of drug-likeness (QED) is 0.400. The summed E-state index contributed by atoms with van der Waals surface area (Å²) in [6.07, 6.45) is 0. The summed E-state index contributed by atoms with van der Waals surface area (Å²) in [4.78, 5) is 0. The van der Waals surface area contributed by atoms with Crippen LogP contribution in [0, 0.1) is 0 Å². The van der Waals surface area contributed by atoms with Gasteiger partial charge in [-0.1, -0.05) is 0 Å².